The predicted octanol–water partition coefficient (Wildman–Crippen LogP) is 12.2. The van der Waals surface area contributed by atoms with Crippen LogP contribution in [0.1, 0.15) is 25.0 Å². The predicted molar refractivity (Wildman–Crippen MR) is 199 cm³/mol. The van der Waals surface area contributed by atoms with Gasteiger partial charge in [-0.05, 0) is 87.5 Å². The fourth-order valence-corrected chi connectivity index (χ4v) is 7.64. The monoisotopic (exact) mass is 602 g/mol. The van der Waals surface area contributed by atoms with Crippen molar-refractivity contribution >= 4 is 33.2 Å². The molecule has 2 nitrogen and oxygen atoms in total. The van der Waals surface area contributed by atoms with Crippen LogP contribution in [0, 0.1) is 0 Å². The zero-order chi connectivity index (χ0) is 31.5. The van der Waals surface area contributed by atoms with E-state index in [0.717, 1.165) is 17.1 Å². The molecule has 9 rings (SSSR count). The molecular weight excluding hydrogens is 569 g/mol. The Balaban J connectivity index is 1.20. The lowest BCUT2D eigenvalue weighted by molar-refractivity contribution is 0.660. The number of anilines is 2. The molecule has 1 aromatic heterocycles. The van der Waals surface area contributed by atoms with Gasteiger partial charge in [-0.2, -0.15) is 0 Å². The molecule has 0 saturated carbocycles. The van der Waals surface area contributed by atoms with Crippen molar-refractivity contribution in [3.63, 3.8) is 0 Å². The van der Waals surface area contributed by atoms with Crippen molar-refractivity contribution in [2.45, 2.75) is 19.3 Å². The third-order valence-electron chi connectivity index (χ3n) is 9.97. The van der Waals surface area contributed by atoms with Crippen LogP contribution in [0.4, 0.5) is 11.4 Å². The first kappa shape index (κ1) is 27.5. The fraction of sp³-hybridized carbons (Fsp3) is 0.0667. The third-order valence-corrected chi connectivity index (χ3v) is 9.97. The van der Waals surface area contributed by atoms with Crippen LogP contribution in [0.2, 0.25) is 0 Å². The van der Waals surface area contributed by atoms with E-state index in [9.17, 15) is 0 Å². The van der Waals surface area contributed by atoms with E-state index in [4.69, 9.17) is 0 Å². The summed E-state index contributed by atoms with van der Waals surface area (Å²) in [4.78, 5) is 0. The van der Waals surface area contributed by atoms with Gasteiger partial charge in [0.1, 0.15) is 0 Å². The summed E-state index contributed by atoms with van der Waals surface area (Å²) in [7, 11) is 0. The minimum Gasteiger partial charge on any atom is -0.355 e. The Morgan fingerprint density at radius 1 is 0.468 bits per heavy atom. The highest BCUT2D eigenvalue weighted by molar-refractivity contribution is 6.11. The number of benzene rings is 7. The zero-order valence-electron chi connectivity index (χ0n) is 26.5. The molecule has 0 saturated heterocycles. The Bertz CT molecular complexity index is 2440. The fourth-order valence-electron chi connectivity index (χ4n) is 7.64. The molecule has 2 heteroatoms. The van der Waals surface area contributed by atoms with Crippen molar-refractivity contribution in [1.29, 1.82) is 0 Å². The second-order valence-corrected chi connectivity index (χ2v) is 13.1. The number of hydrogen-bond donors (Lipinski definition) is 1. The van der Waals surface area contributed by atoms with Gasteiger partial charge < -0.3 is 9.88 Å². The van der Waals surface area contributed by atoms with Crippen LogP contribution in [0.25, 0.3) is 60.9 Å². The van der Waals surface area contributed by atoms with E-state index in [2.05, 4.69) is 188 Å². The highest BCUT2D eigenvalue weighted by Gasteiger charge is 2.37. The van der Waals surface area contributed by atoms with E-state index >= 15 is 0 Å². The van der Waals surface area contributed by atoms with Crippen molar-refractivity contribution in [1.82, 2.24) is 4.57 Å². The molecule has 0 atom stereocenters. The molecule has 1 aliphatic rings. The largest absolute Gasteiger partial charge is 0.355 e. The van der Waals surface area contributed by atoms with Crippen LogP contribution < -0.4 is 5.32 Å². The Labute approximate surface area is 275 Å². The van der Waals surface area contributed by atoms with Gasteiger partial charge in [0, 0.05) is 38.8 Å². The number of aromatic nitrogens is 1. The molecule has 0 radical (unpaired) electrons. The van der Waals surface area contributed by atoms with Gasteiger partial charge in [-0.15, -0.1) is 0 Å². The van der Waals surface area contributed by atoms with Crippen molar-refractivity contribution in [3.8, 4) is 39.1 Å². The smallest absolute Gasteiger partial charge is 0.0561 e. The van der Waals surface area contributed by atoms with E-state index in [1.165, 1.54) is 66.3 Å². The van der Waals surface area contributed by atoms with Crippen LogP contribution >= 0.6 is 0 Å². The van der Waals surface area contributed by atoms with Crippen molar-refractivity contribution in [2.75, 3.05) is 5.32 Å². The quantitative estimate of drug-likeness (QED) is 0.207. The lowest BCUT2D eigenvalue weighted by Crippen LogP contribution is -2.14. The lowest BCUT2D eigenvalue weighted by atomic mass is 9.82. The van der Waals surface area contributed by atoms with Crippen molar-refractivity contribution in [2.24, 2.45) is 0 Å². The molecule has 0 bridgehead atoms. The summed E-state index contributed by atoms with van der Waals surface area (Å²) in [5.74, 6) is 0. The van der Waals surface area contributed by atoms with Gasteiger partial charge in [-0.1, -0.05) is 129 Å². The maximum Gasteiger partial charge on any atom is 0.0561 e. The third kappa shape index (κ3) is 4.40. The van der Waals surface area contributed by atoms with Crippen molar-refractivity contribution in [3.05, 3.63) is 175 Å². The summed E-state index contributed by atoms with van der Waals surface area (Å²) in [5.41, 5.74) is 15.9. The maximum atomic E-state index is 3.88. The molecule has 1 heterocycles. The Kier molecular flexibility index (Phi) is 6.20. The van der Waals surface area contributed by atoms with E-state index in [1.807, 2.05) is 0 Å². The number of rotatable bonds is 5. The molecule has 0 aliphatic heterocycles. The molecule has 0 amide bonds. The first-order chi connectivity index (χ1) is 23.1. The maximum absolute atomic E-state index is 3.88. The summed E-state index contributed by atoms with van der Waals surface area (Å²) >= 11 is 0. The average Bonchev–Trinajstić information content (AvgIpc) is 3.57. The lowest BCUT2D eigenvalue weighted by Gasteiger charge is -2.22. The molecule has 1 N–H and O–H groups in total. The number of nitrogens with zero attached hydrogens (tertiary/aromatic N) is 1. The van der Waals surface area contributed by atoms with E-state index < -0.39 is 0 Å². The Morgan fingerprint density at radius 3 is 1.85 bits per heavy atom. The van der Waals surface area contributed by atoms with Gasteiger partial charge in [0.05, 0.1) is 11.0 Å². The minimum atomic E-state index is -0.0856. The number of fused-ring (bicyclic) bond motifs is 6. The SMILES string of the molecule is CC1(C)c2ccc(-c3ccccc3)cc2-c2c(Nc3ccc4c5cc(-c6ccccc6)ccc5n(-c5ccccc5)c4c3)cccc21. The molecule has 224 valence electrons. The first-order valence-corrected chi connectivity index (χ1v) is 16.4. The van der Waals surface area contributed by atoms with Gasteiger partial charge >= 0.3 is 0 Å². The van der Waals surface area contributed by atoms with Crippen LogP contribution in [0.5, 0.6) is 0 Å². The highest BCUT2D eigenvalue weighted by Crippen LogP contribution is 2.53. The van der Waals surface area contributed by atoms with Gasteiger partial charge in [0.25, 0.3) is 0 Å². The van der Waals surface area contributed by atoms with E-state index in [0.29, 0.717) is 0 Å². The standard InChI is InChI=1S/C45H34N2/c1-45(2)39-25-21-32(30-13-6-3-7-14-30)28-38(39)44-40(45)19-12-20-41(44)46-34-23-24-36-37-27-33(31-15-8-4-9-16-31)22-26-42(37)47(43(36)29-34)35-17-10-5-11-18-35/h3-29,46H,1-2H3. The number of nitrogens with one attached hydrogen (secondary N) is 1. The second-order valence-electron chi connectivity index (χ2n) is 13.1. The average molecular weight is 603 g/mol. The molecule has 0 unspecified atom stereocenters. The molecule has 7 aromatic carbocycles. The summed E-state index contributed by atoms with van der Waals surface area (Å²) in [5, 5.41) is 6.37. The van der Waals surface area contributed by atoms with Gasteiger partial charge in [-0.3, -0.25) is 0 Å². The zero-order valence-corrected chi connectivity index (χ0v) is 26.5. The first-order valence-electron chi connectivity index (χ1n) is 16.4. The van der Waals surface area contributed by atoms with E-state index in [1.54, 1.807) is 0 Å². The second kappa shape index (κ2) is 10.6. The van der Waals surface area contributed by atoms with Crippen molar-refractivity contribution < 1.29 is 0 Å². The van der Waals surface area contributed by atoms with Gasteiger partial charge in [-0.25, -0.2) is 0 Å². The van der Waals surface area contributed by atoms with Crippen LogP contribution in [0.3, 0.4) is 0 Å². The number of para-hydroxylation sites is 1. The minimum absolute atomic E-state index is 0.0856. The summed E-state index contributed by atoms with van der Waals surface area (Å²) in [6, 6.07) is 59.4. The topological polar surface area (TPSA) is 17.0 Å². The molecule has 8 aromatic rings. The van der Waals surface area contributed by atoms with E-state index in [-0.39, 0.29) is 5.41 Å². The molecule has 0 spiro atoms. The number of hydrogen-bond acceptors (Lipinski definition) is 1. The van der Waals surface area contributed by atoms with Crippen LogP contribution in [-0.4, -0.2) is 4.57 Å². The Morgan fingerprint density at radius 2 is 1.13 bits per heavy atom. The van der Waals surface area contributed by atoms with Crippen LogP contribution in [-0.2, 0) is 5.41 Å². The normalized spacial score (nSPS) is 13.1. The molecule has 0 fully saturated rings. The molecule has 47 heavy (non-hydrogen) atoms. The van der Waals surface area contributed by atoms with Gasteiger partial charge in [0.15, 0.2) is 0 Å². The van der Waals surface area contributed by atoms with Gasteiger partial charge in [0.2, 0.25) is 0 Å². The highest BCUT2D eigenvalue weighted by atomic mass is 15.0. The molecule has 1 aliphatic carbocycles. The van der Waals surface area contributed by atoms with Crippen LogP contribution in [0.15, 0.2) is 164 Å². The Hall–Kier alpha value is -5.86. The summed E-state index contributed by atoms with van der Waals surface area (Å²) in [6.45, 7) is 4.69. The summed E-state index contributed by atoms with van der Waals surface area (Å²) in [6.07, 6.45) is 0. The summed E-state index contributed by atoms with van der Waals surface area (Å²) < 4.78 is 2.39. The molecular formula is C45H34N2.